The van der Waals surface area contributed by atoms with Crippen molar-refractivity contribution in [2.45, 2.75) is 38.1 Å². The summed E-state index contributed by atoms with van der Waals surface area (Å²) in [6, 6.07) is 2.14. The van der Waals surface area contributed by atoms with Crippen molar-refractivity contribution in [3.8, 4) is 6.07 Å². The van der Waals surface area contributed by atoms with E-state index in [1.54, 1.807) is 7.11 Å². The number of nitrogens with zero attached hydrogens (tertiary/aromatic N) is 1. The van der Waals surface area contributed by atoms with Gasteiger partial charge in [0.1, 0.15) is 11.6 Å². The Hall–Kier alpha value is -1.54. The lowest BCUT2D eigenvalue weighted by Crippen LogP contribution is -2.37. The number of nitriles is 1. The molecule has 5 nitrogen and oxygen atoms in total. The molecule has 0 atom stereocenters. The number of nitrogens with one attached hydrogen (secondary N) is 2. The molecule has 0 radical (unpaired) electrons. The van der Waals surface area contributed by atoms with Gasteiger partial charge in [0.05, 0.1) is 6.61 Å². The molecule has 0 aromatic rings. The minimum absolute atomic E-state index is 0.122. The quantitative estimate of drug-likeness (QED) is 0.421. The molecule has 1 saturated carbocycles. The fraction of sp³-hybridized carbons (Fsp3) is 0.692. The molecule has 0 spiro atoms. The van der Waals surface area contributed by atoms with Crippen LogP contribution in [0.5, 0.6) is 0 Å². The molecule has 100 valence electrons. The highest BCUT2D eigenvalue weighted by atomic mass is 16.5. The predicted molar refractivity (Wildman–Crippen MR) is 68.6 cm³/mol. The maximum Gasteiger partial charge on any atom is 0.263 e. The Morgan fingerprint density at radius 3 is 2.78 bits per heavy atom. The van der Waals surface area contributed by atoms with E-state index in [0.29, 0.717) is 13.2 Å². The first-order valence-electron chi connectivity index (χ1n) is 6.41. The highest BCUT2D eigenvalue weighted by Crippen LogP contribution is 2.17. The largest absolute Gasteiger partial charge is 0.387 e. The second-order valence-corrected chi connectivity index (χ2v) is 4.43. The Balaban J connectivity index is 2.38. The van der Waals surface area contributed by atoms with Gasteiger partial charge in [-0.25, -0.2) is 0 Å². The van der Waals surface area contributed by atoms with Crippen molar-refractivity contribution in [3.05, 3.63) is 11.8 Å². The molecule has 0 aromatic carbocycles. The normalized spacial score (nSPS) is 17.0. The van der Waals surface area contributed by atoms with Crippen molar-refractivity contribution in [2.24, 2.45) is 0 Å². The Morgan fingerprint density at radius 2 is 2.17 bits per heavy atom. The minimum Gasteiger partial charge on any atom is -0.387 e. The van der Waals surface area contributed by atoms with Gasteiger partial charge in [-0.3, -0.25) is 4.79 Å². The zero-order valence-electron chi connectivity index (χ0n) is 10.9. The van der Waals surface area contributed by atoms with E-state index in [2.05, 4.69) is 10.6 Å². The first-order chi connectivity index (χ1) is 8.77. The number of ether oxygens (including phenoxy) is 1. The second kappa shape index (κ2) is 8.54. The fourth-order valence-corrected chi connectivity index (χ4v) is 1.99. The van der Waals surface area contributed by atoms with Crippen LogP contribution in [0.3, 0.4) is 0 Å². The van der Waals surface area contributed by atoms with Gasteiger partial charge in [-0.05, 0) is 12.8 Å². The van der Waals surface area contributed by atoms with E-state index in [0.717, 1.165) is 25.7 Å². The topological polar surface area (TPSA) is 74.1 Å². The first-order valence-corrected chi connectivity index (χ1v) is 6.41. The third-order valence-electron chi connectivity index (χ3n) is 3.00. The third-order valence-corrected chi connectivity index (χ3v) is 3.00. The molecule has 0 aliphatic heterocycles. The van der Waals surface area contributed by atoms with E-state index in [9.17, 15) is 4.79 Å². The monoisotopic (exact) mass is 251 g/mol. The van der Waals surface area contributed by atoms with Gasteiger partial charge >= 0.3 is 0 Å². The van der Waals surface area contributed by atoms with Gasteiger partial charge in [0.25, 0.3) is 5.91 Å². The van der Waals surface area contributed by atoms with Crippen LogP contribution in [0.15, 0.2) is 11.8 Å². The van der Waals surface area contributed by atoms with Gasteiger partial charge in [0.15, 0.2) is 0 Å². The standard InChI is InChI=1S/C13H21N3O2/c1-18-8-7-15-10-11(9-14)13(17)16-12-5-3-2-4-6-12/h10,12,15H,2-8H2,1H3,(H,16,17)/b11-10-. The lowest BCUT2D eigenvalue weighted by atomic mass is 9.95. The van der Waals surface area contributed by atoms with Crippen LogP contribution < -0.4 is 10.6 Å². The van der Waals surface area contributed by atoms with Crippen LogP contribution in [0.1, 0.15) is 32.1 Å². The number of rotatable bonds is 6. The lowest BCUT2D eigenvalue weighted by Gasteiger charge is -2.22. The molecule has 18 heavy (non-hydrogen) atoms. The van der Waals surface area contributed by atoms with Gasteiger partial charge in [-0.15, -0.1) is 0 Å². The van der Waals surface area contributed by atoms with E-state index in [4.69, 9.17) is 10.00 Å². The zero-order chi connectivity index (χ0) is 13.2. The maximum atomic E-state index is 11.8. The molecule has 0 saturated heterocycles. The molecule has 5 heteroatoms. The summed E-state index contributed by atoms with van der Waals surface area (Å²) in [4.78, 5) is 11.8. The van der Waals surface area contributed by atoms with E-state index in [1.807, 2.05) is 6.07 Å². The number of amides is 1. The molecule has 0 unspecified atom stereocenters. The Bertz CT molecular complexity index is 328. The van der Waals surface area contributed by atoms with Gasteiger partial charge in [-0.1, -0.05) is 19.3 Å². The second-order valence-electron chi connectivity index (χ2n) is 4.43. The Labute approximate surface area is 108 Å². The average molecular weight is 251 g/mol. The van der Waals surface area contributed by atoms with E-state index in [1.165, 1.54) is 12.6 Å². The third kappa shape index (κ3) is 5.19. The highest BCUT2D eigenvalue weighted by molar-refractivity contribution is 5.97. The molecular formula is C13H21N3O2. The molecule has 2 N–H and O–H groups in total. The van der Waals surface area contributed by atoms with Crippen LogP contribution in [0.25, 0.3) is 0 Å². The number of hydrogen-bond donors (Lipinski definition) is 2. The average Bonchev–Trinajstić information content (AvgIpc) is 2.40. The van der Waals surface area contributed by atoms with Crippen LogP contribution in [0.2, 0.25) is 0 Å². The summed E-state index contributed by atoms with van der Waals surface area (Å²) >= 11 is 0. The summed E-state index contributed by atoms with van der Waals surface area (Å²) in [7, 11) is 1.60. The maximum absolute atomic E-state index is 11.8. The molecule has 1 rings (SSSR count). The van der Waals surface area contributed by atoms with Crippen molar-refractivity contribution >= 4 is 5.91 Å². The number of hydrogen-bond acceptors (Lipinski definition) is 4. The van der Waals surface area contributed by atoms with Gasteiger partial charge in [0, 0.05) is 25.9 Å². The first kappa shape index (κ1) is 14.5. The molecule has 0 bridgehead atoms. The summed E-state index contributed by atoms with van der Waals surface area (Å²) in [6.07, 6.45) is 7.04. The summed E-state index contributed by atoms with van der Waals surface area (Å²) in [5.41, 5.74) is 0.122. The SMILES string of the molecule is COCCN/C=C(/C#N)C(=O)NC1CCCCC1. The van der Waals surface area contributed by atoms with Crippen molar-refractivity contribution in [2.75, 3.05) is 20.3 Å². The van der Waals surface area contributed by atoms with Gasteiger partial charge in [-0.2, -0.15) is 5.26 Å². The van der Waals surface area contributed by atoms with Crippen LogP contribution in [-0.2, 0) is 9.53 Å². The molecule has 1 aliphatic carbocycles. The lowest BCUT2D eigenvalue weighted by molar-refractivity contribution is -0.118. The van der Waals surface area contributed by atoms with Crippen LogP contribution in [0, 0.1) is 11.3 Å². The fourth-order valence-electron chi connectivity index (χ4n) is 1.99. The van der Waals surface area contributed by atoms with Crippen molar-refractivity contribution in [1.82, 2.24) is 10.6 Å². The number of carbonyl (C=O) groups is 1. The highest BCUT2D eigenvalue weighted by Gasteiger charge is 2.17. The smallest absolute Gasteiger partial charge is 0.263 e. The van der Waals surface area contributed by atoms with E-state index >= 15 is 0 Å². The molecule has 1 fully saturated rings. The molecular weight excluding hydrogens is 230 g/mol. The van der Waals surface area contributed by atoms with E-state index in [-0.39, 0.29) is 17.5 Å². The van der Waals surface area contributed by atoms with Gasteiger partial charge in [0.2, 0.25) is 0 Å². The molecule has 0 aromatic heterocycles. The van der Waals surface area contributed by atoms with Crippen LogP contribution >= 0.6 is 0 Å². The summed E-state index contributed by atoms with van der Waals surface area (Å²) in [5.74, 6) is -0.283. The minimum atomic E-state index is -0.283. The van der Waals surface area contributed by atoms with Crippen LogP contribution in [0.4, 0.5) is 0 Å². The molecule has 1 amide bonds. The van der Waals surface area contributed by atoms with Crippen molar-refractivity contribution in [3.63, 3.8) is 0 Å². The van der Waals surface area contributed by atoms with Crippen molar-refractivity contribution < 1.29 is 9.53 Å². The number of methoxy groups -OCH3 is 1. The zero-order valence-corrected chi connectivity index (χ0v) is 10.9. The van der Waals surface area contributed by atoms with Crippen LogP contribution in [-0.4, -0.2) is 32.2 Å². The Kier molecular flexibility index (Phi) is 6.89. The summed E-state index contributed by atoms with van der Waals surface area (Å²) in [6.45, 7) is 1.12. The predicted octanol–water partition coefficient (Wildman–Crippen LogP) is 1.08. The molecule has 1 aliphatic rings. The Morgan fingerprint density at radius 1 is 1.44 bits per heavy atom. The van der Waals surface area contributed by atoms with Crippen molar-refractivity contribution in [1.29, 1.82) is 5.26 Å². The number of carbonyl (C=O) groups excluding carboxylic acids is 1. The van der Waals surface area contributed by atoms with E-state index < -0.39 is 0 Å². The molecule has 0 heterocycles. The van der Waals surface area contributed by atoms with Gasteiger partial charge < -0.3 is 15.4 Å². The summed E-state index contributed by atoms with van der Waals surface area (Å²) < 4.78 is 4.86. The summed E-state index contributed by atoms with van der Waals surface area (Å²) in [5, 5.41) is 14.7.